The zero-order chi connectivity index (χ0) is 18.6. The van der Waals surface area contributed by atoms with E-state index in [2.05, 4.69) is 34.6 Å². The van der Waals surface area contributed by atoms with E-state index >= 15 is 0 Å². The van der Waals surface area contributed by atoms with E-state index in [0.29, 0.717) is 16.6 Å². The number of hydrogen-bond acceptors (Lipinski definition) is 3. The lowest BCUT2D eigenvalue weighted by atomic mass is 9.88. The van der Waals surface area contributed by atoms with Gasteiger partial charge in [-0.1, -0.05) is 83.6 Å². The molecule has 1 heterocycles. The molecule has 0 saturated carbocycles. The first-order valence-electron chi connectivity index (χ1n) is 8.65. The Morgan fingerprint density at radius 2 is 1.59 bits per heavy atom. The fourth-order valence-electron chi connectivity index (χ4n) is 3.11. The van der Waals surface area contributed by atoms with Crippen LogP contribution in [0.15, 0.2) is 78.9 Å². The third-order valence-electron chi connectivity index (χ3n) is 4.39. The number of thiazole rings is 1. The molecular weight excluding hydrogens is 376 g/mol. The Kier molecular flexibility index (Phi) is 5.19. The van der Waals surface area contributed by atoms with Crippen LogP contribution in [0.2, 0.25) is 5.02 Å². The molecule has 0 spiro atoms. The number of carbonyl (C=O) groups excluding carboxylic acids is 1. The highest BCUT2D eigenvalue weighted by atomic mass is 35.5. The average molecular weight is 393 g/mol. The van der Waals surface area contributed by atoms with Gasteiger partial charge in [-0.05, 0) is 29.3 Å². The minimum atomic E-state index is -0.0575. The molecule has 0 bridgehead atoms. The Bertz CT molecular complexity index is 1020. The zero-order valence-electron chi connectivity index (χ0n) is 14.4. The van der Waals surface area contributed by atoms with E-state index in [1.807, 2.05) is 48.5 Å². The molecule has 0 radical (unpaired) electrons. The highest BCUT2D eigenvalue weighted by molar-refractivity contribution is 7.22. The van der Waals surface area contributed by atoms with Gasteiger partial charge in [-0.2, -0.15) is 0 Å². The predicted molar refractivity (Wildman–Crippen MR) is 113 cm³/mol. The Morgan fingerprint density at radius 3 is 2.22 bits per heavy atom. The summed E-state index contributed by atoms with van der Waals surface area (Å²) in [7, 11) is 0. The quantitative estimate of drug-likeness (QED) is 0.445. The number of nitrogens with one attached hydrogen (secondary N) is 1. The molecule has 0 unspecified atom stereocenters. The van der Waals surface area contributed by atoms with Crippen molar-refractivity contribution in [2.24, 2.45) is 0 Å². The Labute approximate surface area is 166 Å². The number of aromatic nitrogens is 1. The third kappa shape index (κ3) is 4.18. The molecule has 0 aliphatic heterocycles. The number of fused-ring (bicyclic) bond motifs is 1. The van der Waals surface area contributed by atoms with E-state index in [-0.39, 0.29) is 11.8 Å². The monoisotopic (exact) mass is 392 g/mol. The minimum absolute atomic E-state index is 0.00350. The zero-order valence-corrected chi connectivity index (χ0v) is 16.0. The van der Waals surface area contributed by atoms with Crippen LogP contribution in [0.25, 0.3) is 10.2 Å². The maximum atomic E-state index is 12.7. The number of halogens is 1. The fourth-order valence-corrected chi connectivity index (χ4v) is 4.26. The molecule has 27 heavy (non-hydrogen) atoms. The van der Waals surface area contributed by atoms with E-state index in [1.54, 1.807) is 6.07 Å². The molecule has 0 atom stereocenters. The number of amides is 1. The van der Waals surface area contributed by atoms with Gasteiger partial charge in [0.1, 0.15) is 0 Å². The van der Waals surface area contributed by atoms with Crippen molar-refractivity contribution in [3.8, 4) is 0 Å². The van der Waals surface area contributed by atoms with Crippen LogP contribution in [0, 0.1) is 0 Å². The lowest BCUT2D eigenvalue weighted by molar-refractivity contribution is -0.116. The summed E-state index contributed by atoms with van der Waals surface area (Å²) in [5.41, 5.74) is 3.08. The summed E-state index contributed by atoms with van der Waals surface area (Å²) in [6.07, 6.45) is 0.352. The SMILES string of the molecule is O=C(CC(c1ccccc1)c1ccccc1)Nc1nc2ccc(Cl)cc2s1. The van der Waals surface area contributed by atoms with Gasteiger partial charge >= 0.3 is 0 Å². The standard InChI is InChI=1S/C22H17ClN2OS/c23-17-11-12-19-20(13-17)27-22(24-19)25-21(26)14-18(15-7-3-1-4-8-15)16-9-5-2-6-10-16/h1-13,18H,14H2,(H,24,25,26). The van der Waals surface area contributed by atoms with Crippen LogP contribution in [0.4, 0.5) is 5.13 Å². The fraction of sp³-hybridized carbons (Fsp3) is 0.0909. The number of benzene rings is 3. The molecule has 4 rings (SSSR count). The molecular formula is C22H17ClN2OS. The first-order chi connectivity index (χ1) is 13.2. The Hall–Kier alpha value is -2.69. The molecule has 1 amide bonds. The van der Waals surface area contributed by atoms with Gasteiger partial charge in [0.15, 0.2) is 5.13 Å². The van der Waals surface area contributed by atoms with Crippen molar-refractivity contribution in [2.45, 2.75) is 12.3 Å². The Balaban J connectivity index is 1.56. The number of hydrogen-bond donors (Lipinski definition) is 1. The van der Waals surface area contributed by atoms with Gasteiger partial charge in [0.25, 0.3) is 0 Å². The molecule has 5 heteroatoms. The van der Waals surface area contributed by atoms with E-state index in [9.17, 15) is 4.79 Å². The van der Waals surface area contributed by atoms with Gasteiger partial charge in [0.05, 0.1) is 10.2 Å². The summed E-state index contributed by atoms with van der Waals surface area (Å²) in [6, 6.07) is 25.7. The van der Waals surface area contributed by atoms with Gasteiger partial charge < -0.3 is 5.32 Å². The third-order valence-corrected chi connectivity index (χ3v) is 5.56. The van der Waals surface area contributed by atoms with Crippen LogP contribution in [-0.2, 0) is 4.79 Å². The van der Waals surface area contributed by atoms with Crippen LogP contribution in [0.1, 0.15) is 23.5 Å². The van der Waals surface area contributed by atoms with Crippen LogP contribution >= 0.6 is 22.9 Å². The van der Waals surface area contributed by atoms with Crippen molar-refractivity contribution < 1.29 is 4.79 Å². The summed E-state index contributed by atoms with van der Waals surface area (Å²) >= 11 is 7.46. The normalized spacial score (nSPS) is 11.0. The first kappa shape index (κ1) is 17.7. The Morgan fingerprint density at radius 1 is 0.963 bits per heavy atom. The van der Waals surface area contributed by atoms with Crippen molar-refractivity contribution >= 4 is 44.2 Å². The number of nitrogens with zero attached hydrogens (tertiary/aromatic N) is 1. The molecule has 3 aromatic carbocycles. The van der Waals surface area contributed by atoms with Gasteiger partial charge in [0, 0.05) is 17.4 Å². The number of carbonyl (C=O) groups is 1. The molecule has 134 valence electrons. The van der Waals surface area contributed by atoms with Gasteiger partial charge in [0.2, 0.25) is 5.91 Å². The smallest absolute Gasteiger partial charge is 0.227 e. The molecule has 0 aliphatic rings. The summed E-state index contributed by atoms with van der Waals surface area (Å²) in [5, 5.41) is 4.20. The summed E-state index contributed by atoms with van der Waals surface area (Å²) < 4.78 is 0.959. The summed E-state index contributed by atoms with van der Waals surface area (Å²) in [4.78, 5) is 17.2. The minimum Gasteiger partial charge on any atom is -0.302 e. The van der Waals surface area contributed by atoms with E-state index in [4.69, 9.17) is 11.6 Å². The second-order valence-corrected chi connectivity index (χ2v) is 7.72. The van der Waals surface area contributed by atoms with Crippen LogP contribution in [0.5, 0.6) is 0 Å². The van der Waals surface area contributed by atoms with E-state index < -0.39 is 0 Å². The van der Waals surface area contributed by atoms with E-state index in [1.165, 1.54) is 11.3 Å². The second kappa shape index (κ2) is 7.91. The number of anilines is 1. The average Bonchev–Trinajstić information content (AvgIpc) is 3.08. The highest BCUT2D eigenvalue weighted by Crippen LogP contribution is 2.31. The van der Waals surface area contributed by atoms with Crippen molar-refractivity contribution in [1.82, 2.24) is 4.98 Å². The first-order valence-corrected chi connectivity index (χ1v) is 9.84. The molecule has 1 N–H and O–H groups in total. The second-order valence-electron chi connectivity index (χ2n) is 6.26. The lowest BCUT2D eigenvalue weighted by Crippen LogP contribution is -2.16. The van der Waals surface area contributed by atoms with E-state index in [0.717, 1.165) is 21.3 Å². The van der Waals surface area contributed by atoms with Crippen molar-refractivity contribution in [2.75, 3.05) is 5.32 Å². The predicted octanol–water partition coefficient (Wildman–Crippen LogP) is 6.11. The van der Waals surface area contributed by atoms with Crippen molar-refractivity contribution in [1.29, 1.82) is 0 Å². The highest BCUT2D eigenvalue weighted by Gasteiger charge is 2.19. The maximum absolute atomic E-state index is 12.7. The largest absolute Gasteiger partial charge is 0.302 e. The molecule has 0 aliphatic carbocycles. The van der Waals surface area contributed by atoms with Gasteiger partial charge in [-0.25, -0.2) is 4.98 Å². The maximum Gasteiger partial charge on any atom is 0.227 e. The van der Waals surface area contributed by atoms with Crippen LogP contribution in [0.3, 0.4) is 0 Å². The summed E-state index contributed by atoms with van der Waals surface area (Å²) in [5.74, 6) is -0.0610. The lowest BCUT2D eigenvalue weighted by Gasteiger charge is -2.17. The van der Waals surface area contributed by atoms with Crippen LogP contribution < -0.4 is 5.32 Å². The van der Waals surface area contributed by atoms with Crippen LogP contribution in [-0.4, -0.2) is 10.9 Å². The molecule has 3 nitrogen and oxygen atoms in total. The molecule has 0 fully saturated rings. The number of rotatable bonds is 5. The van der Waals surface area contributed by atoms with Crippen molar-refractivity contribution in [3.05, 3.63) is 95.0 Å². The van der Waals surface area contributed by atoms with Gasteiger partial charge in [-0.15, -0.1) is 0 Å². The van der Waals surface area contributed by atoms with Gasteiger partial charge in [-0.3, -0.25) is 4.79 Å². The van der Waals surface area contributed by atoms with Crippen molar-refractivity contribution in [3.63, 3.8) is 0 Å². The molecule has 0 saturated heterocycles. The summed E-state index contributed by atoms with van der Waals surface area (Å²) in [6.45, 7) is 0. The molecule has 1 aromatic heterocycles. The topological polar surface area (TPSA) is 42.0 Å². The molecule has 4 aromatic rings.